The Morgan fingerprint density at radius 2 is 1.10 bits per heavy atom. The van der Waals surface area contributed by atoms with Gasteiger partial charge in [-0.1, -0.05) is 171 Å². The lowest BCUT2D eigenvalue weighted by Gasteiger charge is -2.27. The van der Waals surface area contributed by atoms with E-state index in [9.17, 15) is 0 Å². The molecule has 0 atom stereocenters. The van der Waals surface area contributed by atoms with Crippen molar-refractivity contribution in [3.8, 4) is 39.1 Å². The maximum atomic E-state index is 3.90. The van der Waals surface area contributed by atoms with Gasteiger partial charge >= 0.3 is 0 Å². The van der Waals surface area contributed by atoms with E-state index in [0.29, 0.717) is 0 Å². The molecule has 2 aliphatic rings. The van der Waals surface area contributed by atoms with Gasteiger partial charge < -0.3 is 9.47 Å². The monoisotopic (exact) mass is 832 g/mol. The van der Waals surface area contributed by atoms with Gasteiger partial charge in [-0.15, -0.1) is 0 Å². The Morgan fingerprint density at radius 1 is 0.548 bits per heavy atom. The van der Waals surface area contributed by atoms with Crippen molar-refractivity contribution in [1.29, 1.82) is 0 Å². The maximum absolute atomic E-state index is 3.90. The fourth-order valence-electron chi connectivity index (χ4n) is 9.55. The first-order chi connectivity index (χ1) is 30.4. The third kappa shape index (κ3) is 6.36. The lowest BCUT2D eigenvalue weighted by atomic mass is 9.81. The summed E-state index contributed by atoms with van der Waals surface area (Å²) >= 11 is 3.75. The van der Waals surface area contributed by atoms with E-state index in [0.717, 1.165) is 22.7 Å². The fraction of sp³-hybridized carbons (Fsp3) is 0.0690. The standard InChI is InChI=1S/C58H44N2S2/c1-5-6-21-53-38(2)61-54-36-50-48-34-35-49-47-19-13-14-20-52(47)60(57(49)56(48)58(3,4)51(50)37-55(54)62-53)46-32-30-45(31-33-46)59(43-26-22-41(23-27-43)39-15-9-7-10-16-39)44-28-24-42(25-29-44)40-17-11-8-12-18-40/h5-37H,1H2,2-4H3/b21-6-. The highest BCUT2D eigenvalue weighted by molar-refractivity contribution is 8.09. The van der Waals surface area contributed by atoms with Gasteiger partial charge in [0.1, 0.15) is 0 Å². The molecule has 0 saturated heterocycles. The zero-order valence-corrected chi connectivity index (χ0v) is 36.6. The first-order valence-electron chi connectivity index (χ1n) is 21.2. The summed E-state index contributed by atoms with van der Waals surface area (Å²) in [6.45, 7) is 11.0. The van der Waals surface area contributed by atoms with E-state index in [-0.39, 0.29) is 5.41 Å². The molecule has 0 radical (unpaired) electrons. The Balaban J connectivity index is 1.03. The molecule has 9 aromatic rings. The van der Waals surface area contributed by atoms with E-state index in [4.69, 9.17) is 0 Å². The largest absolute Gasteiger partial charge is 0.311 e. The van der Waals surface area contributed by atoms with Crippen molar-refractivity contribution >= 4 is 62.4 Å². The van der Waals surface area contributed by atoms with E-state index < -0.39 is 0 Å². The molecule has 4 heteroatoms. The van der Waals surface area contributed by atoms with Gasteiger partial charge in [-0.25, -0.2) is 0 Å². The second-order valence-electron chi connectivity index (χ2n) is 16.6. The number of anilines is 3. The van der Waals surface area contributed by atoms with Gasteiger partial charge in [0.15, 0.2) is 0 Å². The summed E-state index contributed by atoms with van der Waals surface area (Å²) in [5.74, 6) is 0. The molecule has 1 aliphatic heterocycles. The van der Waals surface area contributed by atoms with Gasteiger partial charge in [0.2, 0.25) is 0 Å². The zero-order chi connectivity index (χ0) is 42.0. The number of para-hydroxylation sites is 1. The number of benzene rings is 8. The molecule has 0 unspecified atom stereocenters. The van der Waals surface area contributed by atoms with Crippen LogP contribution in [0.25, 0.3) is 60.9 Å². The first kappa shape index (κ1) is 38.2. The van der Waals surface area contributed by atoms with Crippen molar-refractivity contribution in [2.45, 2.75) is 36.0 Å². The van der Waals surface area contributed by atoms with E-state index in [2.05, 4.69) is 225 Å². The number of hydrogen-bond acceptors (Lipinski definition) is 3. The summed E-state index contributed by atoms with van der Waals surface area (Å²) in [5, 5.41) is 2.55. The number of aromatic nitrogens is 1. The molecular formula is C58H44N2S2. The second kappa shape index (κ2) is 15.3. The molecular weight excluding hydrogens is 789 g/mol. The molecule has 0 fully saturated rings. The smallest absolute Gasteiger partial charge is 0.0588 e. The molecule has 2 nitrogen and oxygen atoms in total. The average Bonchev–Trinajstić information content (AvgIpc) is 3.76. The lowest BCUT2D eigenvalue weighted by molar-refractivity contribution is 0.661. The van der Waals surface area contributed by atoms with Crippen LogP contribution >= 0.6 is 23.5 Å². The highest BCUT2D eigenvalue weighted by atomic mass is 32.2. The summed E-state index contributed by atoms with van der Waals surface area (Å²) < 4.78 is 2.52. The van der Waals surface area contributed by atoms with Crippen LogP contribution in [0.4, 0.5) is 17.1 Å². The molecule has 0 saturated carbocycles. The molecule has 2 heterocycles. The van der Waals surface area contributed by atoms with Crippen molar-refractivity contribution in [2.24, 2.45) is 0 Å². The second-order valence-corrected chi connectivity index (χ2v) is 18.9. The fourth-order valence-corrected chi connectivity index (χ4v) is 11.8. The van der Waals surface area contributed by atoms with Crippen LogP contribution in [0.3, 0.4) is 0 Å². The first-order valence-corrected chi connectivity index (χ1v) is 22.8. The summed E-state index contributed by atoms with van der Waals surface area (Å²) in [6.07, 6.45) is 6.08. The summed E-state index contributed by atoms with van der Waals surface area (Å²) in [5.41, 5.74) is 17.0. The van der Waals surface area contributed by atoms with Crippen LogP contribution < -0.4 is 4.90 Å². The Bertz CT molecular complexity index is 3160. The zero-order valence-electron chi connectivity index (χ0n) is 35.0. The van der Waals surface area contributed by atoms with Crippen molar-refractivity contribution in [3.05, 3.63) is 228 Å². The average molecular weight is 833 g/mol. The summed E-state index contributed by atoms with van der Waals surface area (Å²) in [4.78, 5) is 7.63. The Hall–Kier alpha value is -6.72. The Labute approximate surface area is 372 Å². The minimum atomic E-state index is -0.224. The molecule has 298 valence electrons. The van der Waals surface area contributed by atoms with Crippen LogP contribution in [0.5, 0.6) is 0 Å². The molecule has 1 aromatic heterocycles. The minimum Gasteiger partial charge on any atom is -0.311 e. The van der Waals surface area contributed by atoms with Crippen LogP contribution in [0.2, 0.25) is 0 Å². The molecule has 0 spiro atoms. The SMILES string of the molecule is C=C/C=C\C1=C(C)Sc2cc3c(cc2S1)C(C)(C)c1c-3ccc2c3ccccc3n(-c3ccc(N(c4ccc(-c5ccccc5)cc4)c4ccc(-c5ccccc5)cc4)cc3)c12. The number of nitrogens with zero attached hydrogens (tertiary/aromatic N) is 2. The van der Waals surface area contributed by atoms with Gasteiger partial charge in [0.05, 0.1) is 11.0 Å². The Morgan fingerprint density at radius 3 is 1.71 bits per heavy atom. The van der Waals surface area contributed by atoms with Crippen molar-refractivity contribution in [3.63, 3.8) is 0 Å². The Kier molecular flexibility index (Phi) is 9.45. The number of hydrogen-bond donors (Lipinski definition) is 0. The van der Waals surface area contributed by atoms with Crippen molar-refractivity contribution in [2.75, 3.05) is 4.90 Å². The van der Waals surface area contributed by atoms with Crippen LogP contribution in [-0.2, 0) is 5.41 Å². The number of thioether (sulfide) groups is 2. The molecule has 0 bridgehead atoms. The van der Waals surface area contributed by atoms with Crippen molar-refractivity contribution in [1.82, 2.24) is 4.57 Å². The van der Waals surface area contributed by atoms with Gasteiger partial charge in [-0.05, 0) is 124 Å². The molecule has 0 amide bonds. The highest BCUT2D eigenvalue weighted by Crippen LogP contribution is 2.57. The van der Waals surface area contributed by atoms with Crippen molar-refractivity contribution < 1.29 is 0 Å². The number of allylic oxidation sites excluding steroid dienone is 4. The van der Waals surface area contributed by atoms with E-state index >= 15 is 0 Å². The van der Waals surface area contributed by atoms with Gasteiger partial charge in [-0.3, -0.25) is 0 Å². The van der Waals surface area contributed by atoms with Crippen LogP contribution in [0.1, 0.15) is 31.9 Å². The predicted octanol–water partition coefficient (Wildman–Crippen LogP) is 17.1. The van der Waals surface area contributed by atoms with Gasteiger partial charge in [0.25, 0.3) is 0 Å². The highest BCUT2D eigenvalue weighted by Gasteiger charge is 2.40. The molecule has 62 heavy (non-hydrogen) atoms. The minimum absolute atomic E-state index is 0.224. The third-order valence-electron chi connectivity index (χ3n) is 12.6. The van der Waals surface area contributed by atoms with E-state index in [1.54, 1.807) is 0 Å². The normalized spacial score (nSPS) is 14.0. The molecule has 8 aromatic carbocycles. The van der Waals surface area contributed by atoms with E-state index in [1.165, 1.54) is 85.9 Å². The molecule has 0 N–H and O–H groups in total. The molecule has 1 aliphatic carbocycles. The number of rotatable bonds is 8. The lowest BCUT2D eigenvalue weighted by Crippen LogP contribution is -2.17. The number of fused-ring (bicyclic) bond motifs is 8. The maximum Gasteiger partial charge on any atom is 0.0588 e. The summed E-state index contributed by atoms with van der Waals surface area (Å²) in [7, 11) is 0. The summed E-state index contributed by atoms with van der Waals surface area (Å²) in [6, 6.07) is 66.8. The van der Waals surface area contributed by atoms with Crippen LogP contribution in [0, 0.1) is 0 Å². The third-order valence-corrected chi connectivity index (χ3v) is 15.1. The van der Waals surface area contributed by atoms with Gasteiger partial charge in [0, 0.05) is 58.5 Å². The van der Waals surface area contributed by atoms with E-state index in [1.807, 2.05) is 35.7 Å². The topological polar surface area (TPSA) is 8.17 Å². The van der Waals surface area contributed by atoms with Crippen LogP contribution in [0.15, 0.2) is 226 Å². The van der Waals surface area contributed by atoms with Gasteiger partial charge in [-0.2, -0.15) is 0 Å². The van der Waals surface area contributed by atoms with Crippen LogP contribution in [-0.4, -0.2) is 4.57 Å². The molecule has 11 rings (SSSR count). The quantitative estimate of drug-likeness (QED) is 0.141. The predicted molar refractivity (Wildman–Crippen MR) is 268 cm³/mol.